The normalized spacial score (nSPS) is 16.7. The second-order valence-corrected chi connectivity index (χ2v) is 4.56. The van der Waals surface area contributed by atoms with Crippen molar-refractivity contribution in [1.82, 2.24) is 10.2 Å². The molecule has 4 N–H and O–H groups in total. The van der Waals surface area contributed by atoms with Crippen molar-refractivity contribution in [1.29, 1.82) is 0 Å². The van der Waals surface area contributed by atoms with Gasteiger partial charge in [0.2, 0.25) is 5.91 Å². The van der Waals surface area contributed by atoms with Gasteiger partial charge in [0.05, 0.1) is 5.56 Å². The molecule has 0 bridgehead atoms. The summed E-state index contributed by atoms with van der Waals surface area (Å²) >= 11 is 0. The number of hydrogen-bond donors (Lipinski definition) is 3. The van der Waals surface area contributed by atoms with Crippen LogP contribution in [0.25, 0.3) is 0 Å². The monoisotopic (exact) mass is 263 g/mol. The Bertz CT molecular complexity index is 502. The van der Waals surface area contributed by atoms with Gasteiger partial charge in [-0.25, -0.2) is 4.79 Å². The molecule has 1 saturated heterocycles. The second kappa shape index (κ2) is 5.71. The summed E-state index contributed by atoms with van der Waals surface area (Å²) < 4.78 is 0. The van der Waals surface area contributed by atoms with Gasteiger partial charge in [0.1, 0.15) is 0 Å². The van der Waals surface area contributed by atoms with Crippen molar-refractivity contribution < 1.29 is 14.7 Å². The average Bonchev–Trinajstić information content (AvgIpc) is 2.54. The fourth-order valence-electron chi connectivity index (χ4n) is 2.22. The molecule has 0 aromatic heterocycles. The van der Waals surface area contributed by atoms with Crippen LogP contribution < -0.4 is 11.1 Å². The number of carboxylic acids is 1. The number of anilines is 1. The topological polar surface area (TPSA) is 95.7 Å². The molecule has 1 aromatic carbocycles. The van der Waals surface area contributed by atoms with Crippen molar-refractivity contribution in [2.75, 3.05) is 25.4 Å². The van der Waals surface area contributed by atoms with E-state index >= 15 is 0 Å². The zero-order valence-electron chi connectivity index (χ0n) is 10.6. The molecule has 0 radical (unpaired) electrons. The molecule has 1 aliphatic heterocycles. The molecule has 19 heavy (non-hydrogen) atoms. The van der Waals surface area contributed by atoms with Gasteiger partial charge in [-0.05, 0) is 11.6 Å². The molecule has 6 nitrogen and oxygen atoms in total. The maximum atomic E-state index is 11.3. The predicted octanol–water partition coefficient (Wildman–Crippen LogP) is 0.289. The average molecular weight is 263 g/mol. The molecule has 1 fully saturated rings. The van der Waals surface area contributed by atoms with Crippen molar-refractivity contribution in [2.45, 2.75) is 13.0 Å². The van der Waals surface area contributed by atoms with Gasteiger partial charge in [0.25, 0.3) is 0 Å². The first kappa shape index (κ1) is 13.4. The van der Waals surface area contributed by atoms with Gasteiger partial charge < -0.3 is 16.2 Å². The van der Waals surface area contributed by atoms with E-state index in [2.05, 4.69) is 10.2 Å². The number of aromatic carboxylic acids is 1. The lowest BCUT2D eigenvalue weighted by atomic mass is 10.0. The van der Waals surface area contributed by atoms with E-state index in [0.29, 0.717) is 38.2 Å². The smallest absolute Gasteiger partial charge is 0.338 e. The van der Waals surface area contributed by atoms with Crippen molar-refractivity contribution in [3.05, 3.63) is 29.3 Å². The summed E-state index contributed by atoms with van der Waals surface area (Å²) in [5.41, 5.74) is 6.83. The summed E-state index contributed by atoms with van der Waals surface area (Å²) in [4.78, 5) is 24.6. The van der Waals surface area contributed by atoms with Gasteiger partial charge in [-0.15, -0.1) is 0 Å². The van der Waals surface area contributed by atoms with Crippen LogP contribution in [-0.2, 0) is 11.3 Å². The molecule has 1 amide bonds. The summed E-state index contributed by atoms with van der Waals surface area (Å²) in [6.45, 7) is 2.41. The Morgan fingerprint density at radius 2 is 2.21 bits per heavy atom. The maximum Gasteiger partial charge on any atom is 0.338 e. The first-order chi connectivity index (χ1) is 9.08. The molecule has 2 rings (SSSR count). The van der Waals surface area contributed by atoms with Crippen molar-refractivity contribution in [3.63, 3.8) is 0 Å². The Labute approximate surface area is 111 Å². The first-order valence-electron chi connectivity index (χ1n) is 6.17. The summed E-state index contributed by atoms with van der Waals surface area (Å²) in [6.07, 6.45) is 0.435. The highest BCUT2D eigenvalue weighted by molar-refractivity contribution is 5.95. The number of carbonyl (C=O) groups is 2. The largest absolute Gasteiger partial charge is 0.478 e. The molecular formula is C13H17N3O3. The Kier molecular flexibility index (Phi) is 4.01. The van der Waals surface area contributed by atoms with Gasteiger partial charge in [-0.2, -0.15) is 0 Å². The zero-order valence-corrected chi connectivity index (χ0v) is 10.6. The van der Waals surface area contributed by atoms with Crippen molar-refractivity contribution >= 4 is 17.6 Å². The quantitative estimate of drug-likeness (QED) is 0.681. The van der Waals surface area contributed by atoms with Crippen LogP contribution in [0.4, 0.5) is 5.69 Å². The lowest BCUT2D eigenvalue weighted by molar-refractivity contribution is -0.120. The van der Waals surface area contributed by atoms with Gasteiger partial charge in [0, 0.05) is 38.3 Å². The molecule has 1 aromatic rings. The van der Waals surface area contributed by atoms with Crippen LogP contribution >= 0.6 is 0 Å². The first-order valence-corrected chi connectivity index (χ1v) is 6.17. The Morgan fingerprint density at radius 1 is 1.42 bits per heavy atom. The van der Waals surface area contributed by atoms with E-state index in [1.165, 1.54) is 0 Å². The molecule has 0 saturated carbocycles. The maximum absolute atomic E-state index is 11.3. The van der Waals surface area contributed by atoms with E-state index in [4.69, 9.17) is 5.73 Å². The highest BCUT2D eigenvalue weighted by Gasteiger charge is 2.18. The van der Waals surface area contributed by atoms with Crippen LogP contribution in [0.1, 0.15) is 22.3 Å². The minimum absolute atomic E-state index is 0.0357. The van der Waals surface area contributed by atoms with E-state index in [1.807, 2.05) is 0 Å². The molecule has 102 valence electrons. The molecule has 0 atom stereocenters. The van der Waals surface area contributed by atoms with Crippen LogP contribution in [-0.4, -0.2) is 41.5 Å². The van der Waals surface area contributed by atoms with E-state index in [1.54, 1.807) is 18.2 Å². The third kappa shape index (κ3) is 3.23. The SMILES string of the molecule is Nc1cccc(CN2CCNC(=O)CC2)c1C(=O)O. The van der Waals surface area contributed by atoms with Gasteiger partial charge in [0.15, 0.2) is 0 Å². The fraction of sp³-hybridized carbons (Fsp3) is 0.385. The molecular weight excluding hydrogens is 246 g/mol. The number of carbonyl (C=O) groups excluding carboxylic acids is 1. The van der Waals surface area contributed by atoms with Crippen molar-refractivity contribution in [3.8, 4) is 0 Å². The number of benzene rings is 1. The summed E-state index contributed by atoms with van der Waals surface area (Å²) in [5, 5.41) is 12.0. The Morgan fingerprint density at radius 3 is 2.95 bits per heavy atom. The Balaban J connectivity index is 2.16. The third-order valence-electron chi connectivity index (χ3n) is 3.20. The number of nitrogens with zero attached hydrogens (tertiary/aromatic N) is 1. The van der Waals surface area contributed by atoms with E-state index < -0.39 is 5.97 Å². The number of nitrogens with two attached hydrogens (primary N) is 1. The standard InChI is InChI=1S/C13H17N3O3/c14-10-3-1-2-9(12(10)13(18)19)8-16-6-4-11(17)15-5-7-16/h1-3H,4-8,14H2,(H,15,17)(H,18,19). The molecule has 1 heterocycles. The number of amides is 1. The predicted molar refractivity (Wildman–Crippen MR) is 70.7 cm³/mol. The summed E-state index contributed by atoms with van der Waals surface area (Å²) in [5.74, 6) is -0.981. The minimum atomic E-state index is -1.02. The van der Waals surface area contributed by atoms with E-state index in [-0.39, 0.29) is 17.2 Å². The van der Waals surface area contributed by atoms with Gasteiger partial charge in [-0.3, -0.25) is 9.69 Å². The van der Waals surface area contributed by atoms with E-state index in [9.17, 15) is 14.7 Å². The molecule has 0 unspecified atom stereocenters. The van der Waals surface area contributed by atoms with Crippen LogP contribution in [0.15, 0.2) is 18.2 Å². The van der Waals surface area contributed by atoms with Crippen LogP contribution in [0.5, 0.6) is 0 Å². The molecule has 0 aliphatic carbocycles. The van der Waals surface area contributed by atoms with Crippen molar-refractivity contribution in [2.24, 2.45) is 0 Å². The van der Waals surface area contributed by atoms with Gasteiger partial charge in [-0.1, -0.05) is 12.1 Å². The number of nitrogens with one attached hydrogen (secondary N) is 1. The summed E-state index contributed by atoms with van der Waals surface area (Å²) in [7, 11) is 0. The highest BCUT2D eigenvalue weighted by atomic mass is 16.4. The number of nitrogen functional groups attached to an aromatic ring is 1. The number of carboxylic acid groups (broad SMARTS) is 1. The lowest BCUT2D eigenvalue weighted by Gasteiger charge is -2.20. The number of hydrogen-bond acceptors (Lipinski definition) is 4. The van der Waals surface area contributed by atoms with Gasteiger partial charge >= 0.3 is 5.97 Å². The van der Waals surface area contributed by atoms with Crippen LogP contribution in [0.3, 0.4) is 0 Å². The zero-order chi connectivity index (χ0) is 13.8. The van der Waals surface area contributed by atoms with Crippen LogP contribution in [0.2, 0.25) is 0 Å². The Hall–Kier alpha value is -2.08. The number of rotatable bonds is 3. The fourth-order valence-corrected chi connectivity index (χ4v) is 2.22. The second-order valence-electron chi connectivity index (χ2n) is 4.56. The highest BCUT2D eigenvalue weighted by Crippen LogP contribution is 2.19. The van der Waals surface area contributed by atoms with Crippen LogP contribution in [0, 0.1) is 0 Å². The molecule has 6 heteroatoms. The molecule has 0 spiro atoms. The minimum Gasteiger partial charge on any atom is -0.478 e. The van der Waals surface area contributed by atoms with E-state index in [0.717, 1.165) is 0 Å². The lowest BCUT2D eigenvalue weighted by Crippen LogP contribution is -2.29. The third-order valence-corrected chi connectivity index (χ3v) is 3.20. The molecule has 1 aliphatic rings. The summed E-state index contributed by atoms with van der Waals surface area (Å²) in [6, 6.07) is 5.10.